The monoisotopic (exact) mass is 238 g/mol. The number of nitrogens with one attached hydrogen (secondary N) is 1. The number of rotatable bonds is 7. The first-order valence-corrected chi connectivity index (χ1v) is 5.98. The maximum absolute atomic E-state index is 10.00. The zero-order valence-corrected chi connectivity index (χ0v) is 10.3. The van der Waals surface area contributed by atoms with Gasteiger partial charge in [-0.05, 0) is 44.1 Å². The van der Waals surface area contributed by atoms with Gasteiger partial charge in [-0.15, -0.1) is 0 Å². The van der Waals surface area contributed by atoms with Crippen molar-refractivity contribution in [3.8, 4) is 0 Å². The van der Waals surface area contributed by atoms with Crippen LogP contribution < -0.4 is 11.1 Å². The quantitative estimate of drug-likeness (QED) is 0.547. The molecule has 0 aromatic heterocycles. The molecule has 0 amide bonds. The Balaban J connectivity index is 2.66. The van der Waals surface area contributed by atoms with E-state index in [0.717, 1.165) is 17.5 Å². The van der Waals surface area contributed by atoms with Crippen molar-refractivity contribution >= 4 is 0 Å². The second-order valence-corrected chi connectivity index (χ2v) is 4.19. The molecule has 0 aliphatic rings. The molecule has 0 aliphatic carbocycles. The summed E-state index contributed by atoms with van der Waals surface area (Å²) in [7, 11) is 1.82. The van der Waals surface area contributed by atoms with Crippen LogP contribution in [0.25, 0.3) is 0 Å². The molecule has 2 unspecified atom stereocenters. The second-order valence-electron chi connectivity index (χ2n) is 4.19. The van der Waals surface area contributed by atoms with E-state index in [1.54, 1.807) is 0 Å². The highest BCUT2D eigenvalue weighted by atomic mass is 16.3. The fraction of sp³-hybridized carbons (Fsp3) is 0.538. The summed E-state index contributed by atoms with van der Waals surface area (Å²) < 4.78 is 0. The molecule has 1 rings (SSSR count). The Morgan fingerprint density at radius 3 is 2.76 bits per heavy atom. The Bertz CT molecular complexity index is 331. The van der Waals surface area contributed by atoms with Gasteiger partial charge >= 0.3 is 0 Å². The summed E-state index contributed by atoms with van der Waals surface area (Å²) in [6.07, 6.45) is -0.261. The van der Waals surface area contributed by atoms with Gasteiger partial charge in [-0.3, -0.25) is 0 Å². The van der Waals surface area contributed by atoms with Crippen LogP contribution >= 0.6 is 0 Å². The van der Waals surface area contributed by atoms with Gasteiger partial charge in [-0.1, -0.05) is 24.3 Å². The van der Waals surface area contributed by atoms with Crippen LogP contribution in [-0.4, -0.2) is 36.5 Å². The van der Waals surface area contributed by atoms with Gasteiger partial charge in [0.05, 0.1) is 6.10 Å². The van der Waals surface area contributed by atoms with Crippen LogP contribution in [0.15, 0.2) is 24.3 Å². The molecule has 0 saturated heterocycles. The molecule has 4 nitrogen and oxygen atoms in total. The second kappa shape index (κ2) is 7.40. The SMILES string of the molecule is CNCCC(O)C(O)c1cccc(CCN)c1. The number of aliphatic hydroxyl groups is 2. The van der Waals surface area contributed by atoms with Crippen molar-refractivity contribution in [2.24, 2.45) is 5.73 Å². The van der Waals surface area contributed by atoms with Crippen LogP contribution in [0.2, 0.25) is 0 Å². The van der Waals surface area contributed by atoms with E-state index >= 15 is 0 Å². The van der Waals surface area contributed by atoms with Crippen molar-refractivity contribution in [2.45, 2.75) is 25.0 Å². The van der Waals surface area contributed by atoms with Gasteiger partial charge in [0.25, 0.3) is 0 Å². The summed E-state index contributed by atoms with van der Waals surface area (Å²) in [5, 5.41) is 22.8. The molecule has 0 radical (unpaired) electrons. The van der Waals surface area contributed by atoms with Crippen LogP contribution in [0.5, 0.6) is 0 Å². The number of nitrogens with two attached hydrogens (primary N) is 1. The Morgan fingerprint density at radius 1 is 1.35 bits per heavy atom. The summed E-state index contributed by atoms with van der Waals surface area (Å²) in [6, 6.07) is 7.59. The highest BCUT2D eigenvalue weighted by Gasteiger charge is 2.17. The first-order chi connectivity index (χ1) is 8.19. The maximum Gasteiger partial charge on any atom is 0.105 e. The summed E-state index contributed by atoms with van der Waals surface area (Å²) in [5.74, 6) is 0. The van der Waals surface area contributed by atoms with Gasteiger partial charge in [0, 0.05) is 0 Å². The maximum atomic E-state index is 10.00. The van der Waals surface area contributed by atoms with Crippen LogP contribution in [0.4, 0.5) is 0 Å². The van der Waals surface area contributed by atoms with Crippen molar-refractivity contribution in [3.05, 3.63) is 35.4 Å². The van der Waals surface area contributed by atoms with E-state index in [-0.39, 0.29) is 0 Å². The minimum atomic E-state index is -0.832. The average Bonchev–Trinajstić information content (AvgIpc) is 2.35. The molecule has 0 spiro atoms. The fourth-order valence-electron chi connectivity index (χ4n) is 1.77. The van der Waals surface area contributed by atoms with Gasteiger partial charge < -0.3 is 21.3 Å². The van der Waals surface area contributed by atoms with Crippen molar-refractivity contribution in [1.29, 1.82) is 0 Å². The third-order valence-corrected chi connectivity index (χ3v) is 2.78. The molecule has 2 atom stereocenters. The normalized spacial score (nSPS) is 14.6. The molecule has 0 saturated carbocycles. The highest BCUT2D eigenvalue weighted by molar-refractivity contribution is 5.26. The largest absolute Gasteiger partial charge is 0.390 e. The lowest BCUT2D eigenvalue weighted by atomic mass is 9.99. The topological polar surface area (TPSA) is 78.5 Å². The van der Waals surface area contributed by atoms with Crippen molar-refractivity contribution in [3.63, 3.8) is 0 Å². The van der Waals surface area contributed by atoms with Gasteiger partial charge in [-0.25, -0.2) is 0 Å². The molecule has 1 aromatic carbocycles. The molecule has 96 valence electrons. The molecule has 0 aliphatic heterocycles. The lowest BCUT2D eigenvalue weighted by molar-refractivity contribution is 0.0140. The molecule has 0 bridgehead atoms. The minimum Gasteiger partial charge on any atom is -0.390 e. The summed E-state index contributed by atoms with van der Waals surface area (Å²) in [5.41, 5.74) is 7.33. The third-order valence-electron chi connectivity index (χ3n) is 2.78. The zero-order valence-electron chi connectivity index (χ0n) is 10.3. The van der Waals surface area contributed by atoms with E-state index < -0.39 is 12.2 Å². The number of benzene rings is 1. The molecule has 4 heteroatoms. The predicted octanol–water partition coefficient (Wildman–Crippen LogP) is 0.192. The van der Waals surface area contributed by atoms with E-state index in [0.29, 0.717) is 19.5 Å². The van der Waals surface area contributed by atoms with Crippen LogP contribution in [-0.2, 0) is 6.42 Å². The standard InChI is InChI=1S/C13H22N2O2/c1-15-8-6-12(16)13(17)11-4-2-3-10(9-11)5-7-14/h2-4,9,12-13,15-17H,5-8,14H2,1H3. The molecule has 1 aromatic rings. The number of hydrogen-bond donors (Lipinski definition) is 4. The Hall–Kier alpha value is -0.940. The number of hydrogen-bond acceptors (Lipinski definition) is 4. The lowest BCUT2D eigenvalue weighted by Crippen LogP contribution is -2.23. The van der Waals surface area contributed by atoms with Crippen molar-refractivity contribution in [1.82, 2.24) is 5.32 Å². The molecule has 5 N–H and O–H groups in total. The minimum absolute atomic E-state index is 0.527. The first kappa shape index (κ1) is 14.1. The Kier molecular flexibility index (Phi) is 6.15. The fourth-order valence-corrected chi connectivity index (χ4v) is 1.77. The van der Waals surface area contributed by atoms with E-state index in [1.807, 2.05) is 31.3 Å². The summed E-state index contributed by atoms with van der Waals surface area (Å²) in [4.78, 5) is 0. The first-order valence-electron chi connectivity index (χ1n) is 5.98. The van der Waals surface area contributed by atoms with Crippen LogP contribution in [0, 0.1) is 0 Å². The summed E-state index contributed by atoms with van der Waals surface area (Å²) in [6.45, 7) is 1.27. The van der Waals surface area contributed by atoms with Gasteiger partial charge in [0.15, 0.2) is 0 Å². The number of aliphatic hydroxyl groups excluding tert-OH is 2. The van der Waals surface area contributed by atoms with Crippen LogP contribution in [0.3, 0.4) is 0 Å². The molecule has 0 fully saturated rings. The smallest absolute Gasteiger partial charge is 0.105 e. The van der Waals surface area contributed by atoms with E-state index in [1.165, 1.54) is 0 Å². The van der Waals surface area contributed by atoms with Crippen molar-refractivity contribution in [2.75, 3.05) is 20.1 Å². The van der Waals surface area contributed by atoms with E-state index in [2.05, 4.69) is 5.32 Å². The Labute approximate surface area is 102 Å². The third kappa shape index (κ3) is 4.44. The van der Waals surface area contributed by atoms with E-state index in [9.17, 15) is 10.2 Å². The van der Waals surface area contributed by atoms with Crippen molar-refractivity contribution < 1.29 is 10.2 Å². The Morgan fingerprint density at radius 2 is 2.12 bits per heavy atom. The van der Waals surface area contributed by atoms with E-state index in [4.69, 9.17) is 5.73 Å². The van der Waals surface area contributed by atoms with Gasteiger partial charge in [0.2, 0.25) is 0 Å². The zero-order chi connectivity index (χ0) is 12.7. The highest BCUT2D eigenvalue weighted by Crippen LogP contribution is 2.20. The van der Waals surface area contributed by atoms with Gasteiger partial charge in [-0.2, -0.15) is 0 Å². The molecule has 0 heterocycles. The van der Waals surface area contributed by atoms with Gasteiger partial charge in [0.1, 0.15) is 6.10 Å². The summed E-state index contributed by atoms with van der Waals surface area (Å²) >= 11 is 0. The lowest BCUT2D eigenvalue weighted by Gasteiger charge is -2.18. The average molecular weight is 238 g/mol. The predicted molar refractivity (Wildman–Crippen MR) is 68.7 cm³/mol. The molecular weight excluding hydrogens is 216 g/mol. The molecular formula is C13H22N2O2. The van der Waals surface area contributed by atoms with Crippen LogP contribution in [0.1, 0.15) is 23.7 Å². The molecule has 17 heavy (non-hydrogen) atoms.